The van der Waals surface area contributed by atoms with Crippen LogP contribution in [-0.2, 0) is 24.1 Å². The molecule has 0 spiro atoms. The summed E-state index contributed by atoms with van der Waals surface area (Å²) in [6, 6.07) is 0. The molecule has 0 atom stereocenters. The summed E-state index contributed by atoms with van der Waals surface area (Å²) >= 11 is 0. The van der Waals surface area contributed by atoms with Crippen molar-refractivity contribution in [2.24, 2.45) is 10.9 Å². The van der Waals surface area contributed by atoms with Gasteiger partial charge < -0.3 is 19.5 Å². The monoisotopic (exact) mass is 376 g/mol. The van der Waals surface area contributed by atoms with E-state index in [4.69, 9.17) is 4.74 Å². The van der Waals surface area contributed by atoms with Crippen LogP contribution in [0.2, 0.25) is 0 Å². The number of rotatable bonds is 7. The van der Waals surface area contributed by atoms with Crippen molar-refractivity contribution in [1.29, 1.82) is 0 Å². The minimum atomic E-state index is 0.794. The van der Waals surface area contributed by atoms with E-state index < -0.39 is 0 Å². The van der Waals surface area contributed by atoms with Crippen LogP contribution >= 0.6 is 0 Å². The molecule has 3 rings (SSSR count). The van der Waals surface area contributed by atoms with Crippen molar-refractivity contribution in [3.05, 3.63) is 11.6 Å². The van der Waals surface area contributed by atoms with Gasteiger partial charge in [0, 0.05) is 59.8 Å². The van der Waals surface area contributed by atoms with Gasteiger partial charge in [-0.25, -0.2) is 0 Å². The largest absolute Gasteiger partial charge is 0.381 e. The van der Waals surface area contributed by atoms with Crippen LogP contribution in [0.15, 0.2) is 4.99 Å². The van der Waals surface area contributed by atoms with E-state index in [2.05, 4.69) is 37.0 Å². The molecule has 7 heteroatoms. The van der Waals surface area contributed by atoms with Crippen molar-refractivity contribution in [3.63, 3.8) is 0 Å². The fourth-order valence-corrected chi connectivity index (χ4v) is 4.08. The molecule has 0 saturated carbocycles. The van der Waals surface area contributed by atoms with Crippen molar-refractivity contribution in [2.45, 2.75) is 64.3 Å². The molecule has 1 saturated heterocycles. The Kier molecular flexibility index (Phi) is 7.93. The highest BCUT2D eigenvalue weighted by atomic mass is 16.5. The third-order valence-corrected chi connectivity index (χ3v) is 5.83. The maximum absolute atomic E-state index is 5.45. The highest BCUT2D eigenvalue weighted by Crippen LogP contribution is 2.18. The van der Waals surface area contributed by atoms with E-state index in [0.717, 1.165) is 69.8 Å². The van der Waals surface area contributed by atoms with Crippen LogP contribution in [0.3, 0.4) is 0 Å². The Balaban J connectivity index is 1.37. The first kappa shape index (κ1) is 20.1. The lowest BCUT2D eigenvalue weighted by molar-refractivity contribution is 0.0625. The Morgan fingerprint density at radius 1 is 1.26 bits per heavy atom. The van der Waals surface area contributed by atoms with Crippen molar-refractivity contribution >= 4 is 5.96 Å². The molecule has 0 aromatic carbocycles. The summed E-state index contributed by atoms with van der Waals surface area (Å²) in [5, 5.41) is 12.3. The third-order valence-electron chi connectivity index (χ3n) is 5.83. The standard InChI is InChI=1S/C20H36N6O/c1-21-20(25(2)14-9-17-10-15-27-16-11-17)22-12-6-8-19-24-23-18-7-4-3-5-13-26(18)19/h17H,3-16H2,1-2H3,(H,21,22). The number of aliphatic imine (C=N–C) groups is 1. The van der Waals surface area contributed by atoms with Gasteiger partial charge in [0.2, 0.25) is 0 Å². The molecular formula is C20H36N6O. The number of hydrogen-bond donors (Lipinski definition) is 1. The van der Waals surface area contributed by atoms with Gasteiger partial charge in [0.25, 0.3) is 0 Å². The molecule has 0 bridgehead atoms. The fraction of sp³-hybridized carbons (Fsp3) is 0.850. The second kappa shape index (κ2) is 10.6. The fourth-order valence-electron chi connectivity index (χ4n) is 4.08. The first-order valence-electron chi connectivity index (χ1n) is 10.7. The summed E-state index contributed by atoms with van der Waals surface area (Å²) in [5.74, 6) is 4.11. The van der Waals surface area contributed by atoms with E-state index in [-0.39, 0.29) is 0 Å². The van der Waals surface area contributed by atoms with Crippen LogP contribution in [0.25, 0.3) is 0 Å². The predicted molar refractivity (Wildman–Crippen MR) is 108 cm³/mol. The number of aryl methyl sites for hydroxylation is 2. The zero-order chi connectivity index (χ0) is 18.9. The molecule has 0 radical (unpaired) electrons. The number of guanidine groups is 1. The van der Waals surface area contributed by atoms with Gasteiger partial charge in [-0.1, -0.05) is 6.42 Å². The average Bonchev–Trinajstić information content (AvgIpc) is 2.93. The highest BCUT2D eigenvalue weighted by molar-refractivity contribution is 5.79. The maximum atomic E-state index is 5.45. The molecule has 1 aromatic rings. The molecule has 2 aliphatic rings. The molecule has 1 aromatic heterocycles. The molecule has 7 nitrogen and oxygen atoms in total. The summed E-state index contributed by atoms with van der Waals surface area (Å²) in [6.07, 6.45) is 10.5. The lowest BCUT2D eigenvalue weighted by atomic mass is 9.96. The average molecular weight is 377 g/mol. The predicted octanol–water partition coefficient (Wildman–Crippen LogP) is 2.26. The van der Waals surface area contributed by atoms with Crippen molar-refractivity contribution in [1.82, 2.24) is 25.0 Å². The first-order valence-corrected chi connectivity index (χ1v) is 10.7. The zero-order valence-electron chi connectivity index (χ0n) is 17.1. The lowest BCUT2D eigenvalue weighted by Crippen LogP contribution is -2.40. The van der Waals surface area contributed by atoms with Gasteiger partial charge in [-0.2, -0.15) is 0 Å². The molecule has 0 amide bonds. The van der Waals surface area contributed by atoms with Gasteiger partial charge in [0.05, 0.1) is 0 Å². The topological polar surface area (TPSA) is 67.6 Å². The van der Waals surface area contributed by atoms with Crippen molar-refractivity contribution in [2.75, 3.05) is 40.4 Å². The van der Waals surface area contributed by atoms with E-state index >= 15 is 0 Å². The van der Waals surface area contributed by atoms with Crippen molar-refractivity contribution in [3.8, 4) is 0 Å². The molecule has 1 fully saturated rings. The number of hydrogen-bond acceptors (Lipinski definition) is 4. The van der Waals surface area contributed by atoms with Crippen LogP contribution in [-0.4, -0.2) is 66.0 Å². The summed E-state index contributed by atoms with van der Waals surface area (Å²) in [6.45, 7) is 4.89. The molecule has 1 N–H and O–H groups in total. The van der Waals surface area contributed by atoms with Crippen molar-refractivity contribution < 1.29 is 4.74 Å². The number of ether oxygens (including phenoxy) is 1. The maximum Gasteiger partial charge on any atom is 0.193 e. The second-order valence-electron chi connectivity index (χ2n) is 7.84. The van der Waals surface area contributed by atoms with Crippen LogP contribution in [0, 0.1) is 5.92 Å². The Morgan fingerprint density at radius 2 is 2.11 bits per heavy atom. The number of nitrogens with one attached hydrogen (secondary N) is 1. The molecule has 152 valence electrons. The van der Waals surface area contributed by atoms with Crippen LogP contribution < -0.4 is 5.32 Å². The molecule has 0 unspecified atom stereocenters. The third kappa shape index (κ3) is 5.92. The van der Waals surface area contributed by atoms with E-state index in [1.165, 1.54) is 44.3 Å². The summed E-state index contributed by atoms with van der Waals surface area (Å²) in [4.78, 5) is 6.69. The Hall–Kier alpha value is -1.63. The first-order chi connectivity index (χ1) is 13.3. The highest BCUT2D eigenvalue weighted by Gasteiger charge is 2.16. The van der Waals surface area contributed by atoms with E-state index in [0.29, 0.717) is 0 Å². The molecule has 2 aliphatic heterocycles. The van der Waals surface area contributed by atoms with E-state index in [1.807, 2.05) is 7.05 Å². The Labute approximate surface area is 163 Å². The number of fused-ring (bicyclic) bond motifs is 1. The quantitative estimate of drug-likeness (QED) is 0.449. The normalized spacial score (nSPS) is 18.8. The van der Waals surface area contributed by atoms with Crippen LogP contribution in [0.1, 0.15) is 56.6 Å². The molecule has 27 heavy (non-hydrogen) atoms. The van der Waals surface area contributed by atoms with Gasteiger partial charge in [-0.05, 0) is 44.4 Å². The minimum absolute atomic E-state index is 0.794. The molecule has 3 heterocycles. The smallest absolute Gasteiger partial charge is 0.193 e. The van der Waals surface area contributed by atoms with Crippen LogP contribution in [0.5, 0.6) is 0 Å². The molecule has 0 aliphatic carbocycles. The van der Waals surface area contributed by atoms with Gasteiger partial charge in [-0.15, -0.1) is 10.2 Å². The number of aromatic nitrogens is 3. The molecular weight excluding hydrogens is 340 g/mol. The van der Waals surface area contributed by atoms with Gasteiger partial charge in [0.1, 0.15) is 11.6 Å². The summed E-state index contributed by atoms with van der Waals surface area (Å²) < 4.78 is 7.80. The zero-order valence-corrected chi connectivity index (χ0v) is 17.1. The van der Waals surface area contributed by atoms with E-state index in [9.17, 15) is 0 Å². The van der Waals surface area contributed by atoms with E-state index in [1.54, 1.807) is 0 Å². The number of nitrogens with zero attached hydrogens (tertiary/aromatic N) is 5. The summed E-state index contributed by atoms with van der Waals surface area (Å²) in [7, 11) is 4.00. The SMILES string of the molecule is CN=C(NCCCc1nnc2n1CCCCC2)N(C)CCC1CCOCC1. The van der Waals surface area contributed by atoms with Gasteiger partial charge in [-0.3, -0.25) is 4.99 Å². The summed E-state index contributed by atoms with van der Waals surface area (Å²) in [5.41, 5.74) is 0. The Bertz CT molecular complexity index is 593. The Morgan fingerprint density at radius 3 is 2.93 bits per heavy atom. The minimum Gasteiger partial charge on any atom is -0.381 e. The van der Waals surface area contributed by atoms with Gasteiger partial charge >= 0.3 is 0 Å². The lowest BCUT2D eigenvalue weighted by Gasteiger charge is -2.26. The second-order valence-corrected chi connectivity index (χ2v) is 7.84. The van der Waals surface area contributed by atoms with Crippen LogP contribution in [0.4, 0.5) is 0 Å². The van der Waals surface area contributed by atoms with Gasteiger partial charge in [0.15, 0.2) is 5.96 Å².